The summed E-state index contributed by atoms with van der Waals surface area (Å²) in [6.07, 6.45) is 0.377. The molecule has 0 saturated heterocycles. The fraction of sp³-hybridized carbons (Fsp3) is 0.350. The van der Waals surface area contributed by atoms with Crippen LogP contribution in [0.5, 0.6) is 0 Å². The van der Waals surface area contributed by atoms with E-state index in [4.69, 9.17) is 11.6 Å². The van der Waals surface area contributed by atoms with E-state index < -0.39 is 0 Å². The molecule has 0 saturated carbocycles. The molecule has 25 heavy (non-hydrogen) atoms. The highest BCUT2D eigenvalue weighted by Crippen LogP contribution is 2.23. The van der Waals surface area contributed by atoms with Crippen molar-refractivity contribution in [2.75, 3.05) is 35.2 Å². The third-order valence-electron chi connectivity index (χ3n) is 4.15. The van der Waals surface area contributed by atoms with Crippen molar-refractivity contribution in [3.8, 4) is 0 Å². The van der Waals surface area contributed by atoms with E-state index in [0.717, 1.165) is 18.8 Å². The van der Waals surface area contributed by atoms with Gasteiger partial charge in [0.2, 0.25) is 5.91 Å². The number of para-hydroxylation sites is 1. The first kappa shape index (κ1) is 19.1. The van der Waals surface area contributed by atoms with Gasteiger partial charge in [0.25, 0.3) is 0 Å². The van der Waals surface area contributed by atoms with Crippen LogP contribution < -0.4 is 15.5 Å². The molecule has 2 aromatic carbocycles. The van der Waals surface area contributed by atoms with Crippen molar-refractivity contribution in [3.63, 3.8) is 0 Å². The summed E-state index contributed by atoms with van der Waals surface area (Å²) in [7, 11) is 0. The number of halogens is 1. The molecule has 0 atom stereocenters. The van der Waals surface area contributed by atoms with Crippen LogP contribution in [0.3, 0.4) is 0 Å². The molecule has 134 valence electrons. The summed E-state index contributed by atoms with van der Waals surface area (Å²) in [6, 6.07) is 13.6. The van der Waals surface area contributed by atoms with E-state index in [9.17, 15) is 4.79 Å². The number of anilines is 3. The Morgan fingerprint density at radius 2 is 1.80 bits per heavy atom. The number of nitrogens with zero attached hydrogens (tertiary/aromatic N) is 1. The number of hydrogen-bond acceptors (Lipinski definition) is 3. The second-order valence-electron chi connectivity index (χ2n) is 5.88. The molecule has 0 bridgehead atoms. The summed E-state index contributed by atoms with van der Waals surface area (Å²) in [4.78, 5) is 14.4. The average molecular weight is 360 g/mol. The maximum Gasteiger partial charge on any atom is 0.226 e. The number of carbonyl (C=O) groups is 1. The molecular formula is C20H26ClN3O. The van der Waals surface area contributed by atoms with E-state index in [0.29, 0.717) is 23.7 Å². The first-order valence-corrected chi connectivity index (χ1v) is 9.06. The van der Waals surface area contributed by atoms with Crippen LogP contribution in [-0.2, 0) is 4.79 Å². The number of amides is 1. The molecule has 1 amide bonds. The van der Waals surface area contributed by atoms with E-state index in [-0.39, 0.29) is 5.91 Å². The van der Waals surface area contributed by atoms with E-state index in [1.807, 2.05) is 12.1 Å². The van der Waals surface area contributed by atoms with Crippen LogP contribution in [0.25, 0.3) is 0 Å². The van der Waals surface area contributed by atoms with Crippen LogP contribution in [0, 0.1) is 6.92 Å². The van der Waals surface area contributed by atoms with Gasteiger partial charge in [0.05, 0.1) is 10.7 Å². The fourth-order valence-corrected chi connectivity index (χ4v) is 2.90. The largest absolute Gasteiger partial charge is 0.384 e. The van der Waals surface area contributed by atoms with Gasteiger partial charge in [0, 0.05) is 37.4 Å². The lowest BCUT2D eigenvalue weighted by molar-refractivity contribution is -0.115. The van der Waals surface area contributed by atoms with Crippen LogP contribution in [0.15, 0.2) is 42.5 Å². The third kappa shape index (κ3) is 5.40. The summed E-state index contributed by atoms with van der Waals surface area (Å²) in [5.41, 5.74) is 4.11. The SMILES string of the molecule is CCN(CC)c1ccc(NCCC(=O)Nc2ccccc2Cl)c(C)c1. The van der Waals surface area contributed by atoms with E-state index >= 15 is 0 Å². The quantitative estimate of drug-likeness (QED) is 0.702. The number of aryl methyl sites for hydroxylation is 1. The highest BCUT2D eigenvalue weighted by atomic mass is 35.5. The van der Waals surface area contributed by atoms with Gasteiger partial charge in [0.1, 0.15) is 0 Å². The zero-order chi connectivity index (χ0) is 18.2. The molecule has 2 N–H and O–H groups in total. The molecular weight excluding hydrogens is 334 g/mol. The Kier molecular flexibility index (Phi) is 7.14. The van der Waals surface area contributed by atoms with Crippen molar-refractivity contribution >= 4 is 34.6 Å². The summed E-state index contributed by atoms with van der Waals surface area (Å²) < 4.78 is 0. The van der Waals surface area contributed by atoms with Gasteiger partial charge < -0.3 is 15.5 Å². The minimum atomic E-state index is -0.0574. The summed E-state index contributed by atoms with van der Waals surface area (Å²) >= 11 is 6.05. The van der Waals surface area contributed by atoms with Crippen LogP contribution in [0.4, 0.5) is 17.1 Å². The molecule has 0 radical (unpaired) electrons. The molecule has 5 heteroatoms. The number of nitrogens with one attached hydrogen (secondary N) is 2. The summed E-state index contributed by atoms with van der Waals surface area (Å²) in [5, 5.41) is 6.71. The van der Waals surface area contributed by atoms with Gasteiger partial charge in [-0.25, -0.2) is 0 Å². The minimum absolute atomic E-state index is 0.0574. The van der Waals surface area contributed by atoms with Crippen molar-refractivity contribution in [1.82, 2.24) is 0 Å². The molecule has 0 spiro atoms. The molecule has 0 aliphatic heterocycles. The van der Waals surface area contributed by atoms with Crippen molar-refractivity contribution < 1.29 is 4.79 Å². The lowest BCUT2D eigenvalue weighted by Crippen LogP contribution is -2.22. The topological polar surface area (TPSA) is 44.4 Å². The standard InChI is InChI=1S/C20H26ClN3O/c1-4-24(5-2)16-10-11-18(15(3)14-16)22-13-12-20(25)23-19-9-7-6-8-17(19)21/h6-11,14,22H,4-5,12-13H2,1-3H3,(H,23,25). The Bertz CT molecular complexity index is 714. The van der Waals surface area contributed by atoms with Crippen molar-refractivity contribution in [2.24, 2.45) is 0 Å². The van der Waals surface area contributed by atoms with E-state index in [1.165, 1.54) is 11.3 Å². The maximum absolute atomic E-state index is 12.0. The van der Waals surface area contributed by atoms with E-state index in [1.54, 1.807) is 12.1 Å². The zero-order valence-electron chi connectivity index (χ0n) is 15.1. The van der Waals surface area contributed by atoms with E-state index in [2.05, 4.69) is 54.5 Å². The number of benzene rings is 2. The van der Waals surface area contributed by atoms with Gasteiger partial charge in [0.15, 0.2) is 0 Å². The highest BCUT2D eigenvalue weighted by Gasteiger charge is 2.07. The molecule has 0 unspecified atom stereocenters. The Hall–Kier alpha value is -2.20. The van der Waals surface area contributed by atoms with Gasteiger partial charge in [-0.05, 0) is 56.7 Å². The maximum atomic E-state index is 12.0. The molecule has 2 aromatic rings. The lowest BCUT2D eigenvalue weighted by atomic mass is 10.1. The number of rotatable bonds is 8. The minimum Gasteiger partial charge on any atom is -0.384 e. The van der Waals surface area contributed by atoms with Crippen molar-refractivity contribution in [1.29, 1.82) is 0 Å². The predicted molar refractivity (Wildman–Crippen MR) is 108 cm³/mol. The Balaban J connectivity index is 1.87. The van der Waals surface area contributed by atoms with Crippen LogP contribution in [-0.4, -0.2) is 25.5 Å². The van der Waals surface area contributed by atoms with Gasteiger partial charge in [-0.15, -0.1) is 0 Å². The predicted octanol–water partition coefficient (Wildman–Crippen LogP) is 4.94. The Morgan fingerprint density at radius 1 is 1.08 bits per heavy atom. The molecule has 0 aliphatic rings. The fourth-order valence-electron chi connectivity index (χ4n) is 2.72. The van der Waals surface area contributed by atoms with Crippen molar-refractivity contribution in [3.05, 3.63) is 53.1 Å². The van der Waals surface area contributed by atoms with Gasteiger partial charge in [-0.2, -0.15) is 0 Å². The summed E-state index contributed by atoms with van der Waals surface area (Å²) in [6.45, 7) is 8.95. The van der Waals surface area contributed by atoms with Gasteiger partial charge in [-0.3, -0.25) is 4.79 Å². The number of carbonyl (C=O) groups excluding carboxylic acids is 1. The molecule has 4 nitrogen and oxygen atoms in total. The molecule has 2 rings (SSSR count). The first-order valence-electron chi connectivity index (χ1n) is 8.69. The monoisotopic (exact) mass is 359 g/mol. The third-order valence-corrected chi connectivity index (χ3v) is 4.48. The average Bonchev–Trinajstić information content (AvgIpc) is 2.60. The van der Waals surface area contributed by atoms with Crippen LogP contribution in [0.2, 0.25) is 5.02 Å². The van der Waals surface area contributed by atoms with Crippen LogP contribution >= 0.6 is 11.6 Å². The zero-order valence-corrected chi connectivity index (χ0v) is 15.9. The number of hydrogen-bond donors (Lipinski definition) is 2. The second kappa shape index (κ2) is 9.33. The van der Waals surface area contributed by atoms with Gasteiger partial charge >= 0.3 is 0 Å². The Morgan fingerprint density at radius 3 is 2.44 bits per heavy atom. The molecule has 0 heterocycles. The first-order chi connectivity index (χ1) is 12.0. The van der Waals surface area contributed by atoms with Crippen molar-refractivity contribution in [2.45, 2.75) is 27.2 Å². The highest BCUT2D eigenvalue weighted by molar-refractivity contribution is 6.33. The normalized spacial score (nSPS) is 10.4. The lowest BCUT2D eigenvalue weighted by Gasteiger charge is -2.22. The second-order valence-corrected chi connectivity index (χ2v) is 6.28. The Labute approximate surface area is 155 Å². The van der Waals surface area contributed by atoms with Crippen LogP contribution in [0.1, 0.15) is 25.8 Å². The smallest absolute Gasteiger partial charge is 0.226 e. The molecule has 0 aliphatic carbocycles. The molecule has 0 fully saturated rings. The summed E-state index contributed by atoms with van der Waals surface area (Å²) in [5.74, 6) is -0.0574. The van der Waals surface area contributed by atoms with Gasteiger partial charge in [-0.1, -0.05) is 23.7 Å². The molecule has 0 aromatic heterocycles.